The Morgan fingerprint density at radius 2 is 2.13 bits per heavy atom. The average Bonchev–Trinajstić information content (AvgIpc) is 2.57. The van der Waals surface area contributed by atoms with Crippen LogP contribution in [0.3, 0.4) is 0 Å². The van der Waals surface area contributed by atoms with Gasteiger partial charge in [-0.05, 0) is 37.5 Å². The average molecular weight is 353 g/mol. The van der Waals surface area contributed by atoms with Gasteiger partial charge < -0.3 is 15.8 Å². The fraction of sp³-hybridized carbons (Fsp3) is 0.375. The molecular weight excluding hydrogens is 335 g/mol. The smallest absolute Gasteiger partial charge is 0.126 e. The Hall–Kier alpha value is -1.56. The summed E-state index contributed by atoms with van der Waals surface area (Å²) in [7, 11) is 0. The van der Waals surface area contributed by atoms with E-state index in [4.69, 9.17) is 33.7 Å². The standard InChI is InChI=1S/C16H18Cl2N4O/c17-12-4-5-15(21-8-10-3-1-2-6-23-10)22-16(12)11-7-14(19)20-9-13(11)18/h4-5,7,9-10H,1-3,6,8H2,(H2,19,20)(H,21,22). The van der Waals surface area contributed by atoms with Crippen molar-refractivity contribution in [3.05, 3.63) is 34.4 Å². The van der Waals surface area contributed by atoms with Crippen LogP contribution in [0.1, 0.15) is 19.3 Å². The Morgan fingerprint density at radius 1 is 1.26 bits per heavy atom. The molecule has 1 aliphatic rings. The van der Waals surface area contributed by atoms with Gasteiger partial charge in [-0.2, -0.15) is 0 Å². The molecule has 1 aliphatic heterocycles. The van der Waals surface area contributed by atoms with Crippen molar-refractivity contribution in [2.45, 2.75) is 25.4 Å². The van der Waals surface area contributed by atoms with Crippen LogP contribution in [0.2, 0.25) is 10.0 Å². The van der Waals surface area contributed by atoms with E-state index in [-0.39, 0.29) is 6.10 Å². The van der Waals surface area contributed by atoms with Crippen molar-refractivity contribution in [3.63, 3.8) is 0 Å². The first-order valence-corrected chi connectivity index (χ1v) is 8.32. The summed E-state index contributed by atoms with van der Waals surface area (Å²) in [5.74, 6) is 1.10. The molecular formula is C16H18Cl2N4O. The monoisotopic (exact) mass is 352 g/mol. The van der Waals surface area contributed by atoms with Crippen molar-refractivity contribution in [1.82, 2.24) is 9.97 Å². The molecule has 2 aromatic rings. The minimum Gasteiger partial charge on any atom is -0.384 e. The van der Waals surface area contributed by atoms with Crippen molar-refractivity contribution >= 4 is 34.8 Å². The predicted octanol–water partition coefficient (Wildman–Crippen LogP) is 4.01. The molecule has 3 rings (SSSR count). The zero-order chi connectivity index (χ0) is 16.2. The highest BCUT2D eigenvalue weighted by Gasteiger charge is 2.15. The first-order chi connectivity index (χ1) is 11.1. The molecule has 122 valence electrons. The van der Waals surface area contributed by atoms with E-state index in [9.17, 15) is 0 Å². The lowest BCUT2D eigenvalue weighted by atomic mass is 10.1. The Labute approximate surface area is 145 Å². The number of pyridine rings is 2. The molecule has 1 atom stereocenters. The summed E-state index contributed by atoms with van der Waals surface area (Å²) in [6.45, 7) is 1.55. The van der Waals surface area contributed by atoms with E-state index >= 15 is 0 Å². The van der Waals surface area contributed by atoms with E-state index in [2.05, 4.69) is 15.3 Å². The normalized spacial score (nSPS) is 17.9. The van der Waals surface area contributed by atoms with E-state index in [1.165, 1.54) is 12.6 Å². The number of nitrogens with two attached hydrogens (primary N) is 1. The van der Waals surface area contributed by atoms with Crippen LogP contribution in [-0.4, -0.2) is 29.2 Å². The minimum atomic E-state index is 0.227. The van der Waals surface area contributed by atoms with Crippen LogP contribution < -0.4 is 11.1 Å². The molecule has 0 radical (unpaired) electrons. The van der Waals surface area contributed by atoms with Gasteiger partial charge in [-0.25, -0.2) is 9.97 Å². The lowest BCUT2D eigenvalue weighted by molar-refractivity contribution is 0.0247. The fourth-order valence-electron chi connectivity index (χ4n) is 2.55. The number of anilines is 2. The zero-order valence-electron chi connectivity index (χ0n) is 12.6. The van der Waals surface area contributed by atoms with Crippen molar-refractivity contribution in [2.75, 3.05) is 24.2 Å². The van der Waals surface area contributed by atoms with Crippen molar-refractivity contribution < 1.29 is 4.74 Å². The molecule has 7 heteroatoms. The maximum absolute atomic E-state index is 6.27. The van der Waals surface area contributed by atoms with Gasteiger partial charge in [0.15, 0.2) is 0 Å². The molecule has 0 bridgehead atoms. The molecule has 0 aliphatic carbocycles. The Bertz CT molecular complexity index is 690. The highest BCUT2D eigenvalue weighted by Crippen LogP contribution is 2.33. The largest absolute Gasteiger partial charge is 0.384 e. The Morgan fingerprint density at radius 3 is 2.91 bits per heavy atom. The van der Waals surface area contributed by atoms with Gasteiger partial charge in [-0.1, -0.05) is 23.2 Å². The van der Waals surface area contributed by atoms with Crippen molar-refractivity contribution in [2.24, 2.45) is 0 Å². The second-order valence-electron chi connectivity index (χ2n) is 5.49. The SMILES string of the molecule is Nc1cc(-c2nc(NCC3CCCCO3)ccc2Cl)c(Cl)cn1. The van der Waals surface area contributed by atoms with Gasteiger partial charge in [0, 0.05) is 24.9 Å². The van der Waals surface area contributed by atoms with Crippen LogP contribution >= 0.6 is 23.2 Å². The molecule has 0 aromatic carbocycles. The molecule has 3 heterocycles. The molecule has 0 spiro atoms. The second-order valence-corrected chi connectivity index (χ2v) is 6.30. The third-order valence-corrected chi connectivity index (χ3v) is 4.37. The van der Waals surface area contributed by atoms with Gasteiger partial charge >= 0.3 is 0 Å². The Balaban J connectivity index is 1.80. The van der Waals surface area contributed by atoms with E-state index in [0.717, 1.165) is 31.8 Å². The number of rotatable bonds is 4. The third-order valence-electron chi connectivity index (χ3n) is 3.76. The number of halogens is 2. The van der Waals surface area contributed by atoms with Crippen LogP contribution in [0.4, 0.5) is 11.6 Å². The second kappa shape index (κ2) is 7.34. The van der Waals surface area contributed by atoms with Gasteiger partial charge in [-0.15, -0.1) is 0 Å². The van der Waals surface area contributed by atoms with Gasteiger partial charge in [0.05, 0.1) is 21.8 Å². The molecule has 1 unspecified atom stereocenters. The van der Waals surface area contributed by atoms with Gasteiger partial charge in [0.1, 0.15) is 11.6 Å². The van der Waals surface area contributed by atoms with E-state index in [1.807, 2.05) is 6.07 Å². The number of hydrogen-bond acceptors (Lipinski definition) is 5. The van der Waals surface area contributed by atoms with Gasteiger partial charge in [0.25, 0.3) is 0 Å². The summed E-state index contributed by atoms with van der Waals surface area (Å²) < 4.78 is 5.71. The maximum atomic E-state index is 6.27. The van der Waals surface area contributed by atoms with Crippen LogP contribution in [0.5, 0.6) is 0 Å². The molecule has 2 aromatic heterocycles. The lowest BCUT2D eigenvalue weighted by Crippen LogP contribution is -2.27. The predicted molar refractivity (Wildman–Crippen MR) is 94.0 cm³/mol. The molecule has 5 nitrogen and oxygen atoms in total. The van der Waals surface area contributed by atoms with Crippen molar-refractivity contribution in [3.8, 4) is 11.3 Å². The molecule has 3 N–H and O–H groups in total. The quantitative estimate of drug-likeness (QED) is 0.869. The van der Waals surface area contributed by atoms with Crippen LogP contribution in [-0.2, 0) is 4.74 Å². The van der Waals surface area contributed by atoms with Gasteiger partial charge in [-0.3, -0.25) is 0 Å². The molecule has 23 heavy (non-hydrogen) atoms. The number of aromatic nitrogens is 2. The lowest BCUT2D eigenvalue weighted by Gasteiger charge is -2.23. The number of hydrogen-bond donors (Lipinski definition) is 2. The third kappa shape index (κ3) is 4.05. The molecule has 0 saturated carbocycles. The van der Waals surface area contributed by atoms with Gasteiger partial charge in [0.2, 0.25) is 0 Å². The topological polar surface area (TPSA) is 73.1 Å². The summed E-state index contributed by atoms with van der Waals surface area (Å²) in [6, 6.07) is 5.30. The highest BCUT2D eigenvalue weighted by molar-refractivity contribution is 6.36. The van der Waals surface area contributed by atoms with E-state index in [1.54, 1.807) is 12.1 Å². The summed E-state index contributed by atoms with van der Waals surface area (Å²) in [6.07, 6.45) is 5.14. The fourth-order valence-corrected chi connectivity index (χ4v) is 2.95. The summed E-state index contributed by atoms with van der Waals surface area (Å²) in [5.41, 5.74) is 6.99. The molecule has 0 amide bonds. The molecule has 1 saturated heterocycles. The van der Waals surface area contributed by atoms with Crippen LogP contribution in [0.25, 0.3) is 11.3 Å². The minimum absolute atomic E-state index is 0.227. The Kier molecular flexibility index (Phi) is 5.20. The maximum Gasteiger partial charge on any atom is 0.126 e. The zero-order valence-corrected chi connectivity index (χ0v) is 14.1. The first-order valence-electron chi connectivity index (χ1n) is 7.57. The van der Waals surface area contributed by atoms with E-state index in [0.29, 0.717) is 27.1 Å². The first kappa shape index (κ1) is 16.3. The molecule has 1 fully saturated rings. The number of ether oxygens (including phenoxy) is 1. The van der Waals surface area contributed by atoms with Crippen LogP contribution in [0, 0.1) is 0 Å². The highest BCUT2D eigenvalue weighted by atomic mass is 35.5. The summed E-state index contributed by atoms with van der Waals surface area (Å²) in [5, 5.41) is 4.27. The van der Waals surface area contributed by atoms with Crippen molar-refractivity contribution in [1.29, 1.82) is 0 Å². The van der Waals surface area contributed by atoms with Crippen LogP contribution in [0.15, 0.2) is 24.4 Å². The summed E-state index contributed by atoms with van der Waals surface area (Å²) in [4.78, 5) is 8.52. The number of nitrogens with one attached hydrogen (secondary N) is 1. The van der Waals surface area contributed by atoms with E-state index < -0.39 is 0 Å². The summed E-state index contributed by atoms with van der Waals surface area (Å²) >= 11 is 12.5. The number of nitrogens with zero attached hydrogens (tertiary/aromatic N) is 2. The number of nitrogen functional groups attached to an aromatic ring is 1.